The second kappa shape index (κ2) is 10.7. The Morgan fingerprint density at radius 1 is 1.00 bits per heavy atom. The van der Waals surface area contributed by atoms with Crippen LogP contribution in [0.2, 0.25) is 0 Å². The summed E-state index contributed by atoms with van der Waals surface area (Å²) in [4.78, 5) is 23.3. The van der Waals surface area contributed by atoms with Gasteiger partial charge < -0.3 is 29.2 Å². The van der Waals surface area contributed by atoms with E-state index in [4.69, 9.17) is 18.9 Å². The Morgan fingerprint density at radius 2 is 1.68 bits per heavy atom. The first-order valence-corrected chi connectivity index (χ1v) is 13.3. The first-order chi connectivity index (χ1) is 17.4. The SMILES string of the molecule is CC(=O)O[C@H]1[C@H](O)[C@@H](Oc2c(C)c3c4c(c2O)[C@@H](C)CC[C@@H]4[C@@H](C)C[C@@H]3C=C(C)C)OC[C@H]1OC(C)=O. The van der Waals surface area contributed by atoms with Crippen LogP contribution in [0.25, 0.3) is 0 Å². The molecule has 0 unspecified atom stereocenters. The van der Waals surface area contributed by atoms with Crippen LogP contribution in [0.5, 0.6) is 11.5 Å². The Morgan fingerprint density at radius 3 is 2.30 bits per heavy atom. The number of hydrogen-bond acceptors (Lipinski definition) is 8. The molecule has 1 aromatic carbocycles. The third kappa shape index (κ3) is 5.23. The molecule has 204 valence electrons. The van der Waals surface area contributed by atoms with E-state index in [1.807, 2.05) is 6.92 Å². The van der Waals surface area contributed by atoms with Crippen molar-refractivity contribution in [3.8, 4) is 11.5 Å². The maximum absolute atomic E-state index is 11.7. The second-order valence-corrected chi connectivity index (χ2v) is 11.2. The van der Waals surface area contributed by atoms with Gasteiger partial charge in [-0.2, -0.15) is 0 Å². The molecule has 0 radical (unpaired) electrons. The second-order valence-electron chi connectivity index (χ2n) is 11.2. The Kier molecular flexibility index (Phi) is 7.91. The number of allylic oxidation sites excluding steroid dienone is 2. The molecule has 1 saturated heterocycles. The van der Waals surface area contributed by atoms with E-state index < -0.39 is 36.5 Å². The van der Waals surface area contributed by atoms with Crippen LogP contribution in [0.4, 0.5) is 0 Å². The van der Waals surface area contributed by atoms with Crippen LogP contribution in [0.3, 0.4) is 0 Å². The van der Waals surface area contributed by atoms with Crippen molar-refractivity contribution in [1.82, 2.24) is 0 Å². The largest absolute Gasteiger partial charge is 0.504 e. The van der Waals surface area contributed by atoms with Gasteiger partial charge in [-0.05, 0) is 74.5 Å². The quantitative estimate of drug-likeness (QED) is 0.427. The van der Waals surface area contributed by atoms with Crippen molar-refractivity contribution in [2.75, 3.05) is 6.61 Å². The zero-order valence-electron chi connectivity index (χ0n) is 22.9. The fourth-order valence-electron chi connectivity index (χ4n) is 6.57. The summed E-state index contributed by atoms with van der Waals surface area (Å²) in [5.41, 5.74) is 5.42. The highest BCUT2D eigenvalue weighted by atomic mass is 16.7. The van der Waals surface area contributed by atoms with Crippen molar-refractivity contribution < 1.29 is 38.7 Å². The summed E-state index contributed by atoms with van der Waals surface area (Å²) in [5.74, 6) is 0.384. The number of carbonyl (C=O) groups is 2. The van der Waals surface area contributed by atoms with Crippen molar-refractivity contribution in [1.29, 1.82) is 0 Å². The Bertz CT molecular complexity index is 1090. The minimum Gasteiger partial charge on any atom is -0.504 e. The van der Waals surface area contributed by atoms with E-state index in [0.717, 1.165) is 30.4 Å². The number of aliphatic hydroxyl groups is 1. The molecule has 3 aliphatic rings. The van der Waals surface area contributed by atoms with E-state index >= 15 is 0 Å². The number of aromatic hydroxyl groups is 1. The lowest BCUT2D eigenvalue weighted by atomic mass is 9.62. The highest BCUT2D eigenvalue weighted by molar-refractivity contribution is 5.67. The van der Waals surface area contributed by atoms with E-state index in [2.05, 4.69) is 33.8 Å². The van der Waals surface area contributed by atoms with Gasteiger partial charge in [0.2, 0.25) is 6.29 Å². The van der Waals surface area contributed by atoms with Gasteiger partial charge in [-0.15, -0.1) is 0 Å². The lowest BCUT2D eigenvalue weighted by Gasteiger charge is -2.44. The molecule has 0 aromatic heterocycles. The molecule has 8 atom stereocenters. The van der Waals surface area contributed by atoms with Gasteiger partial charge in [-0.1, -0.05) is 25.5 Å². The number of rotatable bonds is 5. The lowest BCUT2D eigenvalue weighted by Crippen LogP contribution is -2.57. The highest BCUT2D eigenvalue weighted by Gasteiger charge is 2.47. The zero-order valence-corrected chi connectivity index (χ0v) is 22.9. The molecule has 0 amide bonds. The summed E-state index contributed by atoms with van der Waals surface area (Å²) < 4.78 is 22.5. The molecule has 1 aromatic rings. The number of phenols is 1. The molecule has 8 heteroatoms. The fourth-order valence-corrected chi connectivity index (χ4v) is 6.57. The fraction of sp³-hybridized carbons (Fsp3) is 0.655. The van der Waals surface area contributed by atoms with Crippen LogP contribution in [0, 0.1) is 12.8 Å². The summed E-state index contributed by atoms with van der Waals surface area (Å²) in [6, 6.07) is 0. The number of hydrogen-bond donors (Lipinski definition) is 2. The van der Waals surface area contributed by atoms with Gasteiger partial charge in [0.1, 0.15) is 0 Å². The standard InChI is InChI=1S/C29H40O8/c1-13(2)10-19-11-15(4)20-9-8-14(3)22-24(20)23(19)16(5)27(25(22)32)37-29-26(33)28(36-18(7)31)21(12-34-29)35-17(6)30/h10,14-15,19-21,26,28-29,32-33H,8-9,11-12H2,1-7H3/t14-,15-,19-,20+,21+,26-,28+,29+/m0/s1. The van der Waals surface area contributed by atoms with Crippen LogP contribution in [-0.2, 0) is 23.8 Å². The minimum absolute atomic E-state index is 0.0837. The van der Waals surface area contributed by atoms with E-state index in [-0.39, 0.29) is 29.9 Å². The van der Waals surface area contributed by atoms with Gasteiger partial charge >= 0.3 is 11.9 Å². The molecule has 2 N–H and O–H groups in total. The summed E-state index contributed by atoms with van der Waals surface area (Å²) >= 11 is 0. The molecule has 8 nitrogen and oxygen atoms in total. The summed E-state index contributed by atoms with van der Waals surface area (Å²) in [6.07, 6.45) is 0.573. The number of benzene rings is 1. The molecule has 1 fully saturated rings. The van der Waals surface area contributed by atoms with Gasteiger partial charge in [0.05, 0.1) is 6.61 Å². The zero-order chi connectivity index (χ0) is 27.2. The predicted octanol–water partition coefficient (Wildman–Crippen LogP) is 4.73. The normalized spacial score (nSPS) is 32.6. The molecule has 0 saturated carbocycles. The molecule has 1 aliphatic heterocycles. The number of ether oxygens (including phenoxy) is 4. The maximum Gasteiger partial charge on any atom is 0.303 e. The Labute approximate surface area is 218 Å². The van der Waals surface area contributed by atoms with E-state index in [1.165, 1.54) is 30.5 Å². The molecule has 37 heavy (non-hydrogen) atoms. The third-order valence-electron chi connectivity index (χ3n) is 8.05. The summed E-state index contributed by atoms with van der Waals surface area (Å²) in [6.45, 7) is 12.9. The van der Waals surface area contributed by atoms with E-state index in [9.17, 15) is 19.8 Å². The third-order valence-corrected chi connectivity index (χ3v) is 8.05. The number of carbonyl (C=O) groups excluding carboxylic acids is 2. The lowest BCUT2D eigenvalue weighted by molar-refractivity contribution is -0.254. The van der Waals surface area contributed by atoms with Gasteiger partial charge in [0.15, 0.2) is 29.8 Å². The maximum atomic E-state index is 11.7. The van der Waals surface area contributed by atoms with Gasteiger partial charge in [0.25, 0.3) is 0 Å². The van der Waals surface area contributed by atoms with Crippen molar-refractivity contribution in [2.24, 2.45) is 5.92 Å². The average molecular weight is 517 g/mol. The molecule has 2 aliphatic carbocycles. The van der Waals surface area contributed by atoms with Crippen LogP contribution in [0.15, 0.2) is 11.6 Å². The van der Waals surface area contributed by atoms with Crippen LogP contribution >= 0.6 is 0 Å². The first-order valence-electron chi connectivity index (χ1n) is 13.3. The number of aliphatic hydroxyl groups excluding tert-OH is 1. The molecule has 1 heterocycles. The summed E-state index contributed by atoms with van der Waals surface area (Å²) in [7, 11) is 0. The van der Waals surface area contributed by atoms with Crippen molar-refractivity contribution in [3.63, 3.8) is 0 Å². The van der Waals surface area contributed by atoms with Crippen molar-refractivity contribution >= 4 is 11.9 Å². The molecule has 0 bridgehead atoms. The van der Waals surface area contributed by atoms with Gasteiger partial charge in [0, 0.05) is 25.3 Å². The minimum atomic E-state index is -1.44. The van der Waals surface area contributed by atoms with Gasteiger partial charge in [-0.25, -0.2) is 0 Å². The summed E-state index contributed by atoms with van der Waals surface area (Å²) in [5, 5.41) is 22.6. The van der Waals surface area contributed by atoms with Crippen LogP contribution < -0.4 is 4.74 Å². The molecule has 0 spiro atoms. The molecular weight excluding hydrogens is 476 g/mol. The molecular formula is C29H40O8. The number of phenolic OH excluding ortho intramolecular Hbond substituents is 1. The Balaban J connectivity index is 1.77. The highest BCUT2D eigenvalue weighted by Crippen LogP contribution is 2.58. The molecule has 4 rings (SSSR count). The topological polar surface area (TPSA) is 112 Å². The monoisotopic (exact) mass is 516 g/mol. The number of esters is 2. The van der Waals surface area contributed by atoms with E-state index in [1.54, 1.807) is 0 Å². The van der Waals surface area contributed by atoms with Gasteiger partial charge in [-0.3, -0.25) is 9.59 Å². The Hall–Kier alpha value is -2.58. The van der Waals surface area contributed by atoms with Crippen molar-refractivity contribution in [2.45, 2.75) is 110 Å². The van der Waals surface area contributed by atoms with E-state index in [0.29, 0.717) is 11.8 Å². The van der Waals surface area contributed by atoms with Crippen molar-refractivity contribution in [3.05, 3.63) is 33.9 Å². The van der Waals surface area contributed by atoms with Crippen LogP contribution in [-0.4, -0.2) is 53.4 Å². The predicted molar refractivity (Wildman–Crippen MR) is 137 cm³/mol. The first kappa shape index (κ1) is 27.5. The average Bonchev–Trinajstić information content (AvgIpc) is 2.78. The smallest absolute Gasteiger partial charge is 0.303 e. The van der Waals surface area contributed by atoms with Crippen LogP contribution in [0.1, 0.15) is 101 Å².